The van der Waals surface area contributed by atoms with Gasteiger partial charge >= 0.3 is 0 Å². The van der Waals surface area contributed by atoms with E-state index >= 15 is 0 Å². The van der Waals surface area contributed by atoms with E-state index in [4.69, 9.17) is 11.6 Å². The van der Waals surface area contributed by atoms with Gasteiger partial charge in [0.15, 0.2) is 9.84 Å². The number of halogens is 2. The zero-order valence-corrected chi connectivity index (χ0v) is 14.4. The highest BCUT2D eigenvalue weighted by atomic mass is 79.9. The third-order valence-electron chi connectivity index (χ3n) is 2.81. The molecular weight excluding hydrogens is 386 g/mol. The Bertz CT molecular complexity index is 591. The Hall–Kier alpha value is -0.240. The molecular formula is C12H13BrClNO3S2. The molecule has 0 saturated carbocycles. The summed E-state index contributed by atoms with van der Waals surface area (Å²) in [4.78, 5) is 12.8. The summed E-state index contributed by atoms with van der Waals surface area (Å²) < 4.78 is 23.8. The molecule has 0 spiro atoms. The van der Waals surface area contributed by atoms with Gasteiger partial charge in [-0.3, -0.25) is 4.79 Å². The van der Waals surface area contributed by atoms with Gasteiger partial charge in [-0.05, 0) is 24.3 Å². The molecule has 0 radical (unpaired) electrons. The van der Waals surface area contributed by atoms with Gasteiger partial charge in [0.2, 0.25) is 5.91 Å². The van der Waals surface area contributed by atoms with E-state index < -0.39 is 21.3 Å². The van der Waals surface area contributed by atoms with Crippen molar-refractivity contribution in [3.63, 3.8) is 0 Å². The first-order chi connectivity index (χ1) is 9.35. The molecule has 8 heteroatoms. The zero-order chi connectivity index (χ0) is 14.8. The molecule has 1 N–H and O–H groups in total. The summed E-state index contributed by atoms with van der Waals surface area (Å²) in [6.45, 7) is 0. The van der Waals surface area contributed by atoms with E-state index in [-0.39, 0.29) is 23.2 Å². The summed E-state index contributed by atoms with van der Waals surface area (Å²) in [6.07, 6.45) is 0. The van der Waals surface area contributed by atoms with Crippen LogP contribution in [-0.2, 0) is 14.6 Å². The van der Waals surface area contributed by atoms with E-state index in [9.17, 15) is 13.2 Å². The molecule has 1 aromatic rings. The molecule has 1 saturated heterocycles. The van der Waals surface area contributed by atoms with E-state index in [1.807, 2.05) is 24.3 Å². The monoisotopic (exact) mass is 397 g/mol. The lowest BCUT2D eigenvalue weighted by molar-refractivity contribution is -0.119. The molecule has 4 nitrogen and oxygen atoms in total. The Kier molecular flexibility index (Phi) is 5.39. The summed E-state index contributed by atoms with van der Waals surface area (Å²) in [5.41, 5.74) is 0. The summed E-state index contributed by atoms with van der Waals surface area (Å²) in [5.74, 6) is -0.109. The average Bonchev–Trinajstić information content (AvgIpc) is 2.61. The number of sulfone groups is 1. The van der Waals surface area contributed by atoms with Gasteiger partial charge in [-0.2, -0.15) is 0 Å². The number of carbonyl (C=O) groups excluding carboxylic acids is 1. The molecule has 0 unspecified atom stereocenters. The first kappa shape index (κ1) is 16.1. The minimum Gasteiger partial charge on any atom is -0.350 e. The van der Waals surface area contributed by atoms with Crippen LogP contribution in [0.15, 0.2) is 33.6 Å². The summed E-state index contributed by atoms with van der Waals surface area (Å²) in [5, 5.41) is 2.15. The van der Waals surface area contributed by atoms with E-state index in [0.717, 1.165) is 9.37 Å². The Morgan fingerprint density at radius 2 is 2.00 bits per heavy atom. The van der Waals surface area contributed by atoms with Crippen LogP contribution in [0.5, 0.6) is 0 Å². The number of nitrogens with one attached hydrogen (secondary N) is 1. The van der Waals surface area contributed by atoms with Crippen LogP contribution in [0.4, 0.5) is 0 Å². The summed E-state index contributed by atoms with van der Waals surface area (Å²) >= 11 is 10.7. The lowest BCUT2D eigenvalue weighted by Crippen LogP contribution is -2.41. The minimum atomic E-state index is -3.12. The molecule has 2 rings (SSSR count). The largest absolute Gasteiger partial charge is 0.350 e. The first-order valence-corrected chi connectivity index (χ1v) is 9.91. The highest BCUT2D eigenvalue weighted by Crippen LogP contribution is 2.21. The lowest BCUT2D eigenvalue weighted by Gasteiger charge is -2.14. The van der Waals surface area contributed by atoms with Gasteiger partial charge in [-0.1, -0.05) is 15.9 Å². The van der Waals surface area contributed by atoms with Gasteiger partial charge < -0.3 is 5.32 Å². The normalized spacial score (nSPS) is 24.5. The Morgan fingerprint density at radius 1 is 1.35 bits per heavy atom. The Labute approximate surface area is 135 Å². The molecule has 2 atom stereocenters. The van der Waals surface area contributed by atoms with Crippen molar-refractivity contribution in [1.29, 1.82) is 0 Å². The fraction of sp³-hybridized carbons (Fsp3) is 0.417. The summed E-state index contributed by atoms with van der Waals surface area (Å²) in [7, 11) is -3.12. The third kappa shape index (κ3) is 4.65. The molecule has 1 amide bonds. The van der Waals surface area contributed by atoms with Crippen molar-refractivity contribution < 1.29 is 13.2 Å². The number of rotatable bonds is 4. The highest BCUT2D eigenvalue weighted by molar-refractivity contribution is 9.10. The molecule has 110 valence electrons. The number of amides is 1. The van der Waals surface area contributed by atoms with Crippen molar-refractivity contribution in [1.82, 2.24) is 5.32 Å². The predicted molar refractivity (Wildman–Crippen MR) is 85.1 cm³/mol. The highest BCUT2D eigenvalue weighted by Gasteiger charge is 2.37. The van der Waals surface area contributed by atoms with Gasteiger partial charge in [-0.25, -0.2) is 8.42 Å². The fourth-order valence-electron chi connectivity index (χ4n) is 1.87. The van der Waals surface area contributed by atoms with Crippen LogP contribution in [0.1, 0.15) is 0 Å². The first-order valence-electron chi connectivity index (χ1n) is 5.88. The fourth-order valence-corrected chi connectivity index (χ4v) is 5.39. The van der Waals surface area contributed by atoms with E-state index in [2.05, 4.69) is 21.2 Å². The average molecular weight is 399 g/mol. The zero-order valence-electron chi connectivity index (χ0n) is 10.4. The molecule has 1 aliphatic rings. The van der Waals surface area contributed by atoms with Crippen LogP contribution >= 0.6 is 39.3 Å². The topological polar surface area (TPSA) is 63.2 Å². The maximum absolute atomic E-state index is 11.8. The van der Waals surface area contributed by atoms with Crippen molar-refractivity contribution in [2.24, 2.45) is 0 Å². The number of hydrogen-bond donors (Lipinski definition) is 1. The van der Waals surface area contributed by atoms with E-state index in [0.29, 0.717) is 0 Å². The predicted octanol–water partition coefficient (Wildman–Crippen LogP) is 2.06. The van der Waals surface area contributed by atoms with Gasteiger partial charge in [0.05, 0.1) is 28.7 Å². The molecule has 0 aromatic heterocycles. The van der Waals surface area contributed by atoms with Crippen LogP contribution in [0, 0.1) is 0 Å². The van der Waals surface area contributed by atoms with Crippen molar-refractivity contribution in [2.75, 3.05) is 17.3 Å². The van der Waals surface area contributed by atoms with Gasteiger partial charge in [-0.15, -0.1) is 23.4 Å². The Balaban J connectivity index is 1.83. The maximum atomic E-state index is 11.8. The molecule has 1 aromatic carbocycles. The van der Waals surface area contributed by atoms with Crippen LogP contribution in [-0.4, -0.2) is 43.0 Å². The quantitative estimate of drug-likeness (QED) is 0.623. The van der Waals surface area contributed by atoms with Crippen molar-refractivity contribution >= 4 is 55.0 Å². The molecule has 0 bridgehead atoms. The SMILES string of the molecule is O=C(CSc1ccc(Br)cc1)N[C@H]1CS(=O)(=O)C[C@@H]1Cl. The minimum absolute atomic E-state index is 0.0701. The molecule has 1 aliphatic heterocycles. The van der Waals surface area contributed by atoms with Gasteiger partial charge in [0, 0.05) is 9.37 Å². The number of carbonyl (C=O) groups is 1. The van der Waals surface area contributed by atoms with Crippen LogP contribution < -0.4 is 5.32 Å². The molecule has 20 heavy (non-hydrogen) atoms. The van der Waals surface area contributed by atoms with Gasteiger partial charge in [0.25, 0.3) is 0 Å². The smallest absolute Gasteiger partial charge is 0.230 e. The number of benzene rings is 1. The lowest BCUT2D eigenvalue weighted by atomic mass is 10.2. The standard InChI is InChI=1S/C12H13BrClNO3S2/c13-8-1-3-9(4-2-8)19-5-12(16)15-11-7-20(17,18)6-10(11)14/h1-4,10-11H,5-7H2,(H,15,16)/t10-,11-/m0/s1. The molecule has 0 aliphatic carbocycles. The number of thioether (sulfide) groups is 1. The summed E-state index contributed by atoms with van der Waals surface area (Å²) in [6, 6.07) is 7.13. The van der Waals surface area contributed by atoms with Crippen LogP contribution in [0.3, 0.4) is 0 Å². The van der Waals surface area contributed by atoms with E-state index in [1.165, 1.54) is 11.8 Å². The van der Waals surface area contributed by atoms with Crippen molar-refractivity contribution in [2.45, 2.75) is 16.3 Å². The van der Waals surface area contributed by atoms with Crippen LogP contribution in [0.25, 0.3) is 0 Å². The second-order valence-electron chi connectivity index (χ2n) is 4.51. The molecule has 1 heterocycles. The molecule has 1 fully saturated rings. The van der Waals surface area contributed by atoms with Crippen molar-refractivity contribution in [3.8, 4) is 0 Å². The van der Waals surface area contributed by atoms with Gasteiger partial charge in [0.1, 0.15) is 0 Å². The second kappa shape index (κ2) is 6.68. The Morgan fingerprint density at radius 3 is 2.55 bits per heavy atom. The van der Waals surface area contributed by atoms with Crippen LogP contribution in [0.2, 0.25) is 0 Å². The second-order valence-corrected chi connectivity index (χ2v) is 9.19. The van der Waals surface area contributed by atoms with Crippen molar-refractivity contribution in [3.05, 3.63) is 28.7 Å². The number of hydrogen-bond acceptors (Lipinski definition) is 4. The third-order valence-corrected chi connectivity index (χ3v) is 6.73. The number of alkyl halides is 1. The maximum Gasteiger partial charge on any atom is 0.230 e. The van der Waals surface area contributed by atoms with E-state index in [1.54, 1.807) is 0 Å².